The number of benzene rings is 2. The van der Waals surface area contributed by atoms with Crippen molar-refractivity contribution in [3.63, 3.8) is 0 Å². The zero-order chi connectivity index (χ0) is 17.5. The van der Waals surface area contributed by atoms with Crippen LogP contribution in [0.3, 0.4) is 0 Å². The Bertz CT molecular complexity index is 674. The molecule has 2 aromatic rings. The normalized spacial score (nSPS) is 15.8. The SMILES string of the molecule is Cc1ccccc1Oc1ccccc1OCC(O)CN1CCCCC1.Cl. The molecule has 26 heavy (non-hydrogen) atoms. The van der Waals surface area contributed by atoms with E-state index in [1.54, 1.807) is 0 Å². The quantitative estimate of drug-likeness (QED) is 0.774. The molecule has 0 aliphatic carbocycles. The zero-order valence-electron chi connectivity index (χ0n) is 15.3. The van der Waals surface area contributed by atoms with E-state index in [-0.39, 0.29) is 19.0 Å². The van der Waals surface area contributed by atoms with Crippen molar-refractivity contribution in [3.8, 4) is 17.2 Å². The van der Waals surface area contributed by atoms with Gasteiger partial charge in [-0.2, -0.15) is 0 Å². The van der Waals surface area contributed by atoms with Gasteiger partial charge in [0.1, 0.15) is 18.5 Å². The number of likely N-dealkylation sites (tertiary alicyclic amines) is 1. The largest absolute Gasteiger partial charge is 0.487 e. The highest BCUT2D eigenvalue weighted by Gasteiger charge is 2.16. The summed E-state index contributed by atoms with van der Waals surface area (Å²) in [7, 11) is 0. The van der Waals surface area contributed by atoms with Crippen molar-refractivity contribution < 1.29 is 14.6 Å². The molecule has 0 saturated carbocycles. The Morgan fingerprint density at radius 1 is 0.923 bits per heavy atom. The van der Waals surface area contributed by atoms with Gasteiger partial charge in [-0.15, -0.1) is 12.4 Å². The Morgan fingerprint density at radius 3 is 2.23 bits per heavy atom. The predicted molar refractivity (Wildman–Crippen MR) is 107 cm³/mol. The molecule has 1 unspecified atom stereocenters. The number of hydrogen-bond acceptors (Lipinski definition) is 4. The van der Waals surface area contributed by atoms with Crippen molar-refractivity contribution in [2.45, 2.75) is 32.3 Å². The molecular formula is C21H28ClNO3. The molecule has 5 heteroatoms. The number of aliphatic hydroxyl groups is 1. The maximum absolute atomic E-state index is 10.3. The van der Waals surface area contributed by atoms with Crippen molar-refractivity contribution in [1.29, 1.82) is 0 Å². The van der Waals surface area contributed by atoms with E-state index in [1.165, 1.54) is 19.3 Å². The third kappa shape index (κ3) is 5.90. The summed E-state index contributed by atoms with van der Waals surface area (Å²) in [5.74, 6) is 2.14. The van der Waals surface area contributed by atoms with E-state index in [0.717, 1.165) is 24.4 Å². The number of piperidine rings is 1. The Hall–Kier alpha value is -1.75. The van der Waals surface area contributed by atoms with E-state index in [2.05, 4.69) is 4.90 Å². The summed E-state index contributed by atoms with van der Waals surface area (Å²) < 4.78 is 11.9. The first kappa shape index (κ1) is 20.6. The van der Waals surface area contributed by atoms with E-state index in [4.69, 9.17) is 9.47 Å². The maximum Gasteiger partial charge on any atom is 0.169 e. The Balaban J connectivity index is 0.00000243. The number of para-hydroxylation sites is 3. The summed E-state index contributed by atoms with van der Waals surface area (Å²) in [6.07, 6.45) is 3.25. The van der Waals surface area contributed by atoms with Crippen LogP contribution in [-0.2, 0) is 0 Å². The fourth-order valence-corrected chi connectivity index (χ4v) is 3.12. The van der Waals surface area contributed by atoms with Crippen molar-refractivity contribution in [2.24, 2.45) is 0 Å². The summed E-state index contributed by atoms with van der Waals surface area (Å²) in [5.41, 5.74) is 1.07. The number of ether oxygens (including phenoxy) is 2. The second kappa shape index (κ2) is 10.4. The van der Waals surface area contributed by atoms with Crippen LogP contribution >= 0.6 is 12.4 Å². The predicted octanol–water partition coefficient (Wildman–Crippen LogP) is 4.43. The van der Waals surface area contributed by atoms with E-state index in [0.29, 0.717) is 18.0 Å². The van der Waals surface area contributed by atoms with Crippen LogP contribution in [0.25, 0.3) is 0 Å². The molecule has 1 saturated heterocycles. The summed E-state index contributed by atoms with van der Waals surface area (Å²) in [5, 5.41) is 10.3. The van der Waals surface area contributed by atoms with Gasteiger partial charge in [0, 0.05) is 6.54 Å². The Labute approximate surface area is 162 Å². The molecule has 0 radical (unpaired) electrons. The van der Waals surface area contributed by atoms with Gasteiger partial charge >= 0.3 is 0 Å². The van der Waals surface area contributed by atoms with Gasteiger partial charge < -0.3 is 19.5 Å². The number of aliphatic hydroxyl groups excluding tert-OH is 1. The minimum atomic E-state index is -0.496. The highest BCUT2D eigenvalue weighted by molar-refractivity contribution is 5.85. The lowest BCUT2D eigenvalue weighted by Crippen LogP contribution is -2.38. The van der Waals surface area contributed by atoms with Crippen LogP contribution in [0, 0.1) is 6.92 Å². The molecule has 2 aromatic carbocycles. The lowest BCUT2D eigenvalue weighted by molar-refractivity contribution is 0.0610. The highest BCUT2D eigenvalue weighted by Crippen LogP contribution is 2.32. The summed E-state index contributed by atoms with van der Waals surface area (Å²) in [6.45, 7) is 5.10. The van der Waals surface area contributed by atoms with Gasteiger partial charge in [0.2, 0.25) is 0 Å². The number of halogens is 1. The van der Waals surface area contributed by atoms with Crippen molar-refractivity contribution >= 4 is 12.4 Å². The first-order valence-corrected chi connectivity index (χ1v) is 9.08. The number of nitrogens with zero attached hydrogens (tertiary/aromatic N) is 1. The van der Waals surface area contributed by atoms with Crippen LogP contribution in [0.15, 0.2) is 48.5 Å². The minimum absolute atomic E-state index is 0. The molecular weight excluding hydrogens is 350 g/mol. The number of β-amino-alcohol motifs (C(OH)–C–C–N with tert-alkyl or cyclic N) is 1. The van der Waals surface area contributed by atoms with Crippen LogP contribution in [0.2, 0.25) is 0 Å². The van der Waals surface area contributed by atoms with Crippen molar-refractivity contribution in [3.05, 3.63) is 54.1 Å². The number of aryl methyl sites for hydroxylation is 1. The third-order valence-electron chi connectivity index (χ3n) is 4.51. The molecule has 1 aliphatic heterocycles. The van der Waals surface area contributed by atoms with Gasteiger partial charge in [0.25, 0.3) is 0 Å². The standard InChI is InChI=1S/C21H27NO3.ClH/c1-17-9-3-4-10-19(17)25-21-12-6-5-11-20(21)24-16-18(23)15-22-13-7-2-8-14-22;/h3-6,9-12,18,23H,2,7-8,13-16H2,1H3;1H. The summed E-state index contributed by atoms with van der Waals surface area (Å²) in [6, 6.07) is 15.5. The fraction of sp³-hybridized carbons (Fsp3) is 0.429. The summed E-state index contributed by atoms with van der Waals surface area (Å²) >= 11 is 0. The van der Waals surface area contributed by atoms with Gasteiger partial charge in [0.15, 0.2) is 11.5 Å². The molecule has 0 amide bonds. The monoisotopic (exact) mass is 377 g/mol. The molecule has 1 heterocycles. The fourth-order valence-electron chi connectivity index (χ4n) is 3.12. The number of hydrogen-bond donors (Lipinski definition) is 1. The topological polar surface area (TPSA) is 41.9 Å². The first-order chi connectivity index (χ1) is 12.2. The van der Waals surface area contributed by atoms with Crippen LogP contribution in [0.1, 0.15) is 24.8 Å². The van der Waals surface area contributed by atoms with Crippen LogP contribution in [0.4, 0.5) is 0 Å². The molecule has 4 nitrogen and oxygen atoms in total. The first-order valence-electron chi connectivity index (χ1n) is 9.08. The van der Waals surface area contributed by atoms with Gasteiger partial charge in [-0.25, -0.2) is 0 Å². The van der Waals surface area contributed by atoms with Crippen molar-refractivity contribution in [2.75, 3.05) is 26.2 Å². The van der Waals surface area contributed by atoms with E-state index in [9.17, 15) is 5.11 Å². The molecule has 0 spiro atoms. The second-order valence-corrected chi connectivity index (χ2v) is 6.64. The smallest absolute Gasteiger partial charge is 0.169 e. The number of rotatable bonds is 7. The molecule has 1 N–H and O–H groups in total. The van der Waals surface area contributed by atoms with Gasteiger partial charge in [-0.05, 0) is 56.6 Å². The average molecular weight is 378 g/mol. The molecule has 1 aliphatic rings. The highest BCUT2D eigenvalue weighted by atomic mass is 35.5. The maximum atomic E-state index is 10.3. The van der Waals surface area contributed by atoms with Crippen molar-refractivity contribution in [1.82, 2.24) is 4.90 Å². The molecule has 1 atom stereocenters. The average Bonchev–Trinajstić information content (AvgIpc) is 2.64. The molecule has 1 fully saturated rings. The lowest BCUT2D eigenvalue weighted by atomic mass is 10.1. The van der Waals surface area contributed by atoms with E-state index >= 15 is 0 Å². The molecule has 0 bridgehead atoms. The lowest BCUT2D eigenvalue weighted by Gasteiger charge is -2.28. The third-order valence-corrected chi connectivity index (χ3v) is 4.51. The Kier molecular flexibility index (Phi) is 8.23. The van der Waals surface area contributed by atoms with Crippen LogP contribution in [-0.4, -0.2) is 42.4 Å². The molecule has 0 aromatic heterocycles. The Morgan fingerprint density at radius 2 is 1.54 bits per heavy atom. The minimum Gasteiger partial charge on any atom is -0.487 e. The van der Waals surface area contributed by atoms with Crippen LogP contribution in [0.5, 0.6) is 17.2 Å². The van der Waals surface area contributed by atoms with Gasteiger partial charge in [-0.3, -0.25) is 0 Å². The van der Waals surface area contributed by atoms with Gasteiger partial charge in [-0.1, -0.05) is 36.8 Å². The van der Waals surface area contributed by atoms with E-state index < -0.39 is 6.10 Å². The summed E-state index contributed by atoms with van der Waals surface area (Å²) in [4.78, 5) is 2.31. The van der Waals surface area contributed by atoms with Crippen LogP contribution < -0.4 is 9.47 Å². The second-order valence-electron chi connectivity index (χ2n) is 6.64. The molecule has 3 rings (SSSR count). The zero-order valence-corrected chi connectivity index (χ0v) is 16.1. The van der Waals surface area contributed by atoms with Gasteiger partial charge in [0.05, 0.1) is 0 Å². The van der Waals surface area contributed by atoms with E-state index in [1.807, 2.05) is 55.5 Å². The molecule has 142 valence electrons.